The zero-order valence-corrected chi connectivity index (χ0v) is 38.0. The van der Waals surface area contributed by atoms with Gasteiger partial charge < -0.3 is 4.57 Å². The van der Waals surface area contributed by atoms with Gasteiger partial charge in [0.05, 0.1) is 32.3 Å². The van der Waals surface area contributed by atoms with Crippen molar-refractivity contribution in [1.29, 1.82) is 0 Å². The lowest BCUT2D eigenvalue weighted by Gasteiger charge is -2.23. The van der Waals surface area contributed by atoms with Crippen molar-refractivity contribution in [2.75, 3.05) is 0 Å². The van der Waals surface area contributed by atoms with Crippen LogP contribution >= 0.6 is 11.3 Å². The topological polar surface area (TPSA) is 61.4 Å². The number of aromatic nitrogens is 6. The van der Waals surface area contributed by atoms with Crippen LogP contribution in [0.5, 0.6) is 0 Å². The minimum Gasteiger partial charge on any atom is -0.307 e. The van der Waals surface area contributed by atoms with Crippen LogP contribution in [0.25, 0.3) is 121 Å². The molecule has 0 saturated carbocycles. The van der Waals surface area contributed by atoms with E-state index in [-0.39, 0.29) is 5.41 Å². The maximum atomic E-state index is 5.50. The van der Waals surface area contributed by atoms with Crippen molar-refractivity contribution < 1.29 is 0 Å². The monoisotopic (exact) mass is 888 g/mol. The standard InChI is InChI=1S/C61H40N6S/c1-61(2)49-35-40(37-17-6-3-7-18-37)29-31-42(49)43-32-30-41(36-50(43)61)66-52-27-14-12-23-44(52)46-33-34-47-45-24-13-15-28-53(45)67(55(47)54(46)66)60-64-57(38-19-8-4-9-20-38)63-58(65-60)48-25-16-26-51-56(48)68-59(62-51)39-21-10-5-11-22-39/h3-36H,1-2H3. The first kappa shape index (κ1) is 38.7. The third-order valence-corrected chi connectivity index (χ3v) is 15.2. The molecule has 320 valence electrons. The molecule has 0 saturated heterocycles. The second-order valence-electron chi connectivity index (χ2n) is 18.2. The second-order valence-corrected chi connectivity index (χ2v) is 19.2. The van der Waals surface area contributed by atoms with Gasteiger partial charge in [-0.1, -0.05) is 178 Å². The van der Waals surface area contributed by atoms with Crippen molar-refractivity contribution in [3.63, 3.8) is 0 Å². The Hall–Kier alpha value is -8.52. The molecule has 1 aliphatic carbocycles. The van der Waals surface area contributed by atoms with E-state index < -0.39 is 0 Å². The third kappa shape index (κ3) is 5.76. The lowest BCUT2D eigenvalue weighted by Crippen LogP contribution is -2.15. The second kappa shape index (κ2) is 14.7. The summed E-state index contributed by atoms with van der Waals surface area (Å²) in [4.78, 5) is 21.3. The number of benzene rings is 9. The Labute approximate surface area is 396 Å². The van der Waals surface area contributed by atoms with E-state index in [1.54, 1.807) is 11.3 Å². The molecular formula is C61H40N6S. The van der Waals surface area contributed by atoms with E-state index in [0.717, 1.165) is 75.8 Å². The van der Waals surface area contributed by atoms with Gasteiger partial charge in [-0.05, 0) is 75.8 Å². The molecule has 0 radical (unpaired) electrons. The van der Waals surface area contributed by atoms with Crippen LogP contribution in [0.1, 0.15) is 25.0 Å². The Balaban J connectivity index is 1.03. The molecule has 0 bridgehead atoms. The number of rotatable bonds is 6. The van der Waals surface area contributed by atoms with Crippen LogP contribution in [0.4, 0.5) is 0 Å². The van der Waals surface area contributed by atoms with E-state index in [4.69, 9.17) is 19.9 Å². The Morgan fingerprint density at radius 1 is 0.397 bits per heavy atom. The van der Waals surface area contributed by atoms with Gasteiger partial charge in [-0.25, -0.2) is 9.97 Å². The maximum absolute atomic E-state index is 5.50. The van der Waals surface area contributed by atoms with Crippen LogP contribution in [-0.4, -0.2) is 29.1 Å². The zero-order valence-electron chi connectivity index (χ0n) is 37.2. The maximum Gasteiger partial charge on any atom is 0.238 e. The number of nitrogens with zero attached hydrogens (tertiary/aromatic N) is 6. The molecule has 0 aliphatic heterocycles. The summed E-state index contributed by atoms with van der Waals surface area (Å²) in [5.74, 6) is 1.75. The number of thiazole rings is 1. The van der Waals surface area contributed by atoms with Crippen LogP contribution in [0.2, 0.25) is 0 Å². The third-order valence-electron chi connectivity index (χ3n) is 14.0. The minimum absolute atomic E-state index is 0.230. The van der Waals surface area contributed by atoms with Gasteiger partial charge in [0.1, 0.15) is 5.01 Å². The SMILES string of the molecule is CC1(C)c2cc(-c3ccccc3)ccc2-c2ccc(-n3c4ccccc4c4ccc5c6ccccc6n(-c6nc(-c7ccccc7)nc(-c7cccc8nc(-c9ccccc9)sc78)n6)c5c43)cc21. The fraction of sp³-hybridized carbons (Fsp3) is 0.0492. The van der Waals surface area contributed by atoms with Gasteiger partial charge in [-0.2, -0.15) is 9.97 Å². The van der Waals surface area contributed by atoms with E-state index >= 15 is 0 Å². The molecule has 0 fully saturated rings. The predicted molar refractivity (Wildman–Crippen MR) is 281 cm³/mol. The van der Waals surface area contributed by atoms with Crippen LogP contribution < -0.4 is 0 Å². The number of fused-ring (bicyclic) bond motifs is 11. The molecule has 1 aliphatic rings. The fourth-order valence-corrected chi connectivity index (χ4v) is 11.9. The molecule has 0 amide bonds. The van der Waals surface area contributed by atoms with Crippen molar-refractivity contribution in [1.82, 2.24) is 29.1 Å². The zero-order chi connectivity index (χ0) is 45.1. The van der Waals surface area contributed by atoms with E-state index in [2.05, 4.69) is 205 Å². The smallest absolute Gasteiger partial charge is 0.238 e. The molecule has 7 heteroatoms. The summed E-state index contributed by atoms with van der Waals surface area (Å²) < 4.78 is 5.78. The summed E-state index contributed by atoms with van der Waals surface area (Å²) in [6.07, 6.45) is 0. The Bertz CT molecular complexity index is 4170. The van der Waals surface area contributed by atoms with E-state index in [0.29, 0.717) is 17.6 Å². The van der Waals surface area contributed by atoms with Gasteiger partial charge in [0.2, 0.25) is 5.95 Å². The molecule has 14 rings (SSSR count). The van der Waals surface area contributed by atoms with Gasteiger partial charge in [-0.15, -0.1) is 11.3 Å². The Morgan fingerprint density at radius 2 is 0.971 bits per heavy atom. The van der Waals surface area contributed by atoms with Crippen LogP contribution in [0, 0.1) is 0 Å². The van der Waals surface area contributed by atoms with E-state index in [9.17, 15) is 0 Å². The summed E-state index contributed by atoms with van der Waals surface area (Å²) in [5.41, 5.74) is 16.7. The molecule has 0 spiro atoms. The van der Waals surface area contributed by atoms with Crippen molar-refractivity contribution in [3.8, 4) is 67.2 Å². The first-order valence-corrected chi connectivity index (χ1v) is 23.9. The normalized spacial score (nSPS) is 13.0. The molecule has 13 aromatic rings. The summed E-state index contributed by atoms with van der Waals surface area (Å²) in [6, 6.07) is 73.6. The lowest BCUT2D eigenvalue weighted by molar-refractivity contribution is 0.660. The molecule has 0 N–H and O–H groups in total. The van der Waals surface area contributed by atoms with E-state index in [1.165, 1.54) is 38.8 Å². The van der Waals surface area contributed by atoms with Gasteiger partial charge in [0.15, 0.2) is 11.6 Å². The fourth-order valence-electron chi connectivity index (χ4n) is 10.8. The summed E-state index contributed by atoms with van der Waals surface area (Å²) >= 11 is 1.67. The first-order valence-electron chi connectivity index (χ1n) is 23.1. The Morgan fingerprint density at radius 3 is 1.68 bits per heavy atom. The predicted octanol–water partition coefficient (Wildman–Crippen LogP) is 15.6. The number of hydrogen-bond donors (Lipinski definition) is 0. The quantitative estimate of drug-likeness (QED) is 0.167. The van der Waals surface area contributed by atoms with Crippen molar-refractivity contribution in [3.05, 3.63) is 217 Å². The highest BCUT2D eigenvalue weighted by molar-refractivity contribution is 7.22. The number of hydrogen-bond acceptors (Lipinski definition) is 5. The van der Waals surface area contributed by atoms with Crippen LogP contribution in [-0.2, 0) is 5.41 Å². The minimum atomic E-state index is -0.230. The van der Waals surface area contributed by atoms with Gasteiger partial charge in [0.25, 0.3) is 0 Å². The van der Waals surface area contributed by atoms with E-state index in [1.807, 2.05) is 24.3 Å². The average molecular weight is 889 g/mol. The molecule has 68 heavy (non-hydrogen) atoms. The van der Waals surface area contributed by atoms with Crippen molar-refractivity contribution in [2.24, 2.45) is 0 Å². The molecule has 0 atom stereocenters. The van der Waals surface area contributed by atoms with Gasteiger partial charge in [0, 0.05) is 49.3 Å². The summed E-state index contributed by atoms with van der Waals surface area (Å²) in [7, 11) is 0. The molecular weight excluding hydrogens is 849 g/mol. The van der Waals surface area contributed by atoms with Crippen molar-refractivity contribution in [2.45, 2.75) is 19.3 Å². The average Bonchev–Trinajstić information content (AvgIpc) is 4.14. The highest BCUT2D eigenvalue weighted by Crippen LogP contribution is 2.51. The highest BCUT2D eigenvalue weighted by atomic mass is 32.1. The summed E-state index contributed by atoms with van der Waals surface area (Å²) in [5, 5.41) is 5.55. The van der Waals surface area contributed by atoms with Crippen LogP contribution in [0.3, 0.4) is 0 Å². The van der Waals surface area contributed by atoms with Crippen molar-refractivity contribution >= 4 is 65.2 Å². The number of para-hydroxylation sites is 2. The Kier molecular flexibility index (Phi) is 8.40. The first-order chi connectivity index (χ1) is 33.5. The molecule has 6 nitrogen and oxygen atoms in total. The highest BCUT2D eigenvalue weighted by Gasteiger charge is 2.36. The molecule has 9 aromatic carbocycles. The lowest BCUT2D eigenvalue weighted by atomic mass is 9.81. The van der Waals surface area contributed by atoms with Gasteiger partial charge in [-0.3, -0.25) is 4.57 Å². The molecule has 4 aromatic heterocycles. The van der Waals surface area contributed by atoms with Gasteiger partial charge >= 0.3 is 0 Å². The molecule has 0 unspecified atom stereocenters. The molecule has 4 heterocycles. The largest absolute Gasteiger partial charge is 0.307 e. The summed E-state index contributed by atoms with van der Waals surface area (Å²) in [6.45, 7) is 4.74. The van der Waals surface area contributed by atoms with Crippen LogP contribution in [0.15, 0.2) is 206 Å².